The number of hydrogen-bond donors (Lipinski definition) is 0. The summed E-state index contributed by atoms with van der Waals surface area (Å²) in [4.78, 5) is 40.9. The molecule has 0 atom stereocenters. The van der Waals surface area contributed by atoms with Gasteiger partial charge in [0.25, 0.3) is 0 Å². The van der Waals surface area contributed by atoms with Crippen LogP contribution in [0.5, 0.6) is 0 Å². The lowest BCUT2D eigenvalue weighted by atomic mass is 9.67. The molecule has 2 aliphatic carbocycles. The molecule has 5 aromatic carbocycles. The molecular formula is C64H62N4O2. The molecule has 11 rings (SSSR count). The maximum Gasteiger partial charge on any atom is 0.185 e. The van der Waals surface area contributed by atoms with E-state index >= 15 is 0 Å². The maximum absolute atomic E-state index is 14.7. The highest BCUT2D eigenvalue weighted by Gasteiger charge is 2.52. The normalized spacial score (nSPS) is 16.9. The third kappa shape index (κ3) is 6.66. The van der Waals surface area contributed by atoms with Crippen molar-refractivity contribution in [2.24, 2.45) is 21.7 Å². The van der Waals surface area contributed by atoms with E-state index < -0.39 is 32.7 Å². The quantitative estimate of drug-likeness (QED) is 0.176. The number of rotatable bonds is 4. The van der Waals surface area contributed by atoms with Gasteiger partial charge in [0.15, 0.2) is 11.6 Å². The van der Waals surface area contributed by atoms with Crippen molar-refractivity contribution in [3.05, 3.63) is 191 Å². The number of Topliss-reactive ketones (excluding diaryl/α,β-unsaturated/α-hetero) is 2. The molecule has 0 bridgehead atoms. The van der Waals surface area contributed by atoms with Crippen LogP contribution >= 0.6 is 0 Å². The van der Waals surface area contributed by atoms with Crippen LogP contribution in [-0.2, 0) is 20.7 Å². The average Bonchev–Trinajstić information content (AvgIpc) is 4.05. The first-order chi connectivity index (χ1) is 33.0. The molecule has 2 spiro atoms. The molecule has 7 aromatic rings. The number of aromatic nitrogens is 4. The second kappa shape index (κ2) is 15.2. The van der Waals surface area contributed by atoms with E-state index in [1.807, 2.05) is 12.1 Å². The molecule has 0 saturated carbocycles. The van der Waals surface area contributed by atoms with Crippen LogP contribution in [0, 0.1) is 21.7 Å². The van der Waals surface area contributed by atoms with Gasteiger partial charge in [0.2, 0.25) is 0 Å². The molecular weight excluding hydrogens is 857 g/mol. The lowest BCUT2D eigenvalue weighted by Crippen LogP contribution is -2.39. The third-order valence-electron chi connectivity index (χ3n) is 14.9. The Kier molecular flexibility index (Phi) is 9.80. The molecule has 4 aliphatic rings. The molecule has 0 saturated heterocycles. The Morgan fingerprint density at radius 2 is 0.671 bits per heavy atom. The van der Waals surface area contributed by atoms with Gasteiger partial charge in [-0.05, 0) is 63.2 Å². The first-order valence-corrected chi connectivity index (χ1v) is 24.8. The van der Waals surface area contributed by atoms with Crippen LogP contribution < -0.4 is 0 Å². The smallest absolute Gasteiger partial charge is 0.185 e. The minimum atomic E-state index is -0.867. The van der Waals surface area contributed by atoms with Crippen molar-refractivity contribution in [3.8, 4) is 67.8 Å². The third-order valence-corrected chi connectivity index (χ3v) is 14.9. The van der Waals surface area contributed by atoms with E-state index in [-0.39, 0.29) is 11.6 Å². The molecule has 0 unspecified atom stereocenters. The molecule has 0 amide bonds. The molecule has 350 valence electrons. The topological polar surface area (TPSA) is 69.8 Å². The fourth-order valence-corrected chi connectivity index (χ4v) is 11.5. The van der Waals surface area contributed by atoms with E-state index in [0.29, 0.717) is 0 Å². The number of nitrogens with zero attached hydrogens (tertiary/aromatic N) is 4. The Morgan fingerprint density at radius 3 is 1.00 bits per heavy atom. The van der Waals surface area contributed by atoms with Crippen molar-refractivity contribution >= 4 is 11.6 Å². The van der Waals surface area contributed by atoms with Crippen molar-refractivity contribution in [2.75, 3.05) is 0 Å². The minimum absolute atomic E-state index is 0.0950. The van der Waals surface area contributed by atoms with E-state index in [9.17, 15) is 9.59 Å². The number of carbonyl (C=O) groups is 2. The largest absolute Gasteiger partial charge is 0.306 e. The zero-order chi connectivity index (χ0) is 49.5. The number of carbonyl (C=O) groups excluding carboxylic acids is 2. The number of fused-ring (bicyclic) bond motifs is 10. The van der Waals surface area contributed by atoms with Crippen LogP contribution in [0.1, 0.15) is 94.2 Å². The SMILES string of the molecule is CC(C)(C)C1=CC2(C=C(C(C)(C)C)C1=O)c1ccccc1-c1c(-c3ccccc3)nc(-c3cccc(-c4nc(-c5ccccc5)c5n4C4(C=C(C(C)(C)C)C(=O)C(C(C)(C)C)=C4)c4ccccc4-5)c3)n12. The molecule has 6 heteroatoms. The van der Waals surface area contributed by atoms with Crippen molar-refractivity contribution in [3.63, 3.8) is 0 Å². The first kappa shape index (κ1) is 45.3. The summed E-state index contributed by atoms with van der Waals surface area (Å²) < 4.78 is 4.82. The monoisotopic (exact) mass is 918 g/mol. The summed E-state index contributed by atoms with van der Waals surface area (Å²) in [5, 5.41) is 0. The predicted octanol–water partition coefficient (Wildman–Crippen LogP) is 15.3. The van der Waals surface area contributed by atoms with Gasteiger partial charge in [-0.1, -0.05) is 210 Å². The number of ketones is 2. The van der Waals surface area contributed by atoms with E-state index in [0.717, 1.165) is 101 Å². The van der Waals surface area contributed by atoms with Gasteiger partial charge >= 0.3 is 0 Å². The number of imidazole rings is 2. The molecule has 2 aromatic heterocycles. The lowest BCUT2D eigenvalue weighted by molar-refractivity contribution is -0.115. The van der Waals surface area contributed by atoms with Crippen LogP contribution in [0.4, 0.5) is 0 Å². The van der Waals surface area contributed by atoms with Crippen LogP contribution in [0.15, 0.2) is 180 Å². The number of hydrogen-bond acceptors (Lipinski definition) is 4. The highest BCUT2D eigenvalue weighted by Crippen LogP contribution is 2.58. The second-order valence-electron chi connectivity index (χ2n) is 23.9. The Bertz CT molecular complexity index is 3190. The summed E-state index contributed by atoms with van der Waals surface area (Å²) in [6.45, 7) is 25.7. The van der Waals surface area contributed by atoms with Crippen molar-refractivity contribution in [2.45, 2.75) is 94.2 Å². The van der Waals surface area contributed by atoms with Gasteiger partial charge in [0, 0.05) is 55.7 Å². The van der Waals surface area contributed by atoms with Crippen LogP contribution in [0.3, 0.4) is 0 Å². The molecule has 6 nitrogen and oxygen atoms in total. The minimum Gasteiger partial charge on any atom is -0.306 e. The van der Waals surface area contributed by atoms with Gasteiger partial charge in [0.05, 0.1) is 22.8 Å². The molecule has 2 aliphatic heterocycles. The van der Waals surface area contributed by atoms with Gasteiger partial charge in [-0.25, -0.2) is 9.97 Å². The van der Waals surface area contributed by atoms with Crippen LogP contribution in [0.2, 0.25) is 0 Å². The fourth-order valence-electron chi connectivity index (χ4n) is 11.5. The Hall–Kier alpha value is -7.18. The summed E-state index contributed by atoms with van der Waals surface area (Å²) in [5.74, 6) is 1.77. The summed E-state index contributed by atoms with van der Waals surface area (Å²) in [6, 6.07) is 46.9. The zero-order valence-corrected chi connectivity index (χ0v) is 42.6. The molecule has 70 heavy (non-hydrogen) atoms. The van der Waals surface area contributed by atoms with Crippen molar-refractivity contribution < 1.29 is 9.59 Å². The van der Waals surface area contributed by atoms with Gasteiger partial charge < -0.3 is 9.13 Å². The number of allylic oxidation sites excluding steroid dienone is 8. The Morgan fingerprint density at radius 1 is 0.371 bits per heavy atom. The first-order valence-electron chi connectivity index (χ1n) is 24.8. The highest BCUT2D eigenvalue weighted by molar-refractivity contribution is 6.13. The average molecular weight is 919 g/mol. The predicted molar refractivity (Wildman–Crippen MR) is 285 cm³/mol. The highest BCUT2D eigenvalue weighted by atomic mass is 16.1. The summed E-state index contributed by atoms with van der Waals surface area (Å²) in [6.07, 6.45) is 8.95. The molecule has 4 heterocycles. The van der Waals surface area contributed by atoms with Crippen molar-refractivity contribution in [1.29, 1.82) is 0 Å². The maximum atomic E-state index is 14.7. The van der Waals surface area contributed by atoms with Gasteiger partial charge in [-0.2, -0.15) is 0 Å². The summed E-state index contributed by atoms with van der Waals surface area (Å²) >= 11 is 0. The Balaban J connectivity index is 1.24. The van der Waals surface area contributed by atoms with Gasteiger partial charge in [-0.15, -0.1) is 0 Å². The fraction of sp³-hybridized carbons (Fsp3) is 0.281. The summed E-state index contributed by atoms with van der Waals surface area (Å²) in [7, 11) is 0. The van der Waals surface area contributed by atoms with Gasteiger partial charge in [0.1, 0.15) is 22.7 Å². The van der Waals surface area contributed by atoms with E-state index in [1.54, 1.807) is 0 Å². The van der Waals surface area contributed by atoms with Crippen LogP contribution in [0.25, 0.3) is 67.8 Å². The van der Waals surface area contributed by atoms with E-state index in [1.165, 1.54) is 0 Å². The lowest BCUT2D eigenvalue weighted by Gasteiger charge is -2.39. The Labute approximate surface area is 413 Å². The summed E-state index contributed by atoms with van der Waals surface area (Å²) in [5.41, 5.74) is 11.7. The standard InChI is InChI=1S/C64H62N4O2/c1-59(2,3)47-35-63(36-48(55(47)69)60(4,5)6)45-32-21-19-30-43(45)53-51(39-24-15-13-16-25-39)65-57(67(53)63)41-28-23-29-42(34-41)58-66-52(40-26-17-14-18-27-40)54-44-31-20-22-33-46(44)64(68(54)58)37-49(61(7,8)9)56(70)50(38-64)62(10,11)12/h13-38H,1-12H3. The van der Waals surface area contributed by atoms with E-state index in [2.05, 4.69) is 238 Å². The molecule has 0 radical (unpaired) electrons. The number of benzene rings is 5. The van der Waals surface area contributed by atoms with Crippen LogP contribution in [-0.4, -0.2) is 30.7 Å². The van der Waals surface area contributed by atoms with Crippen molar-refractivity contribution in [1.82, 2.24) is 19.1 Å². The molecule has 0 fully saturated rings. The zero-order valence-electron chi connectivity index (χ0n) is 42.6. The second-order valence-corrected chi connectivity index (χ2v) is 23.9. The molecule has 0 N–H and O–H groups in total. The van der Waals surface area contributed by atoms with E-state index in [4.69, 9.17) is 9.97 Å². The van der Waals surface area contributed by atoms with Gasteiger partial charge in [-0.3, -0.25) is 9.59 Å².